The number of Topliss-reactive ketones (excluding diaryl/α,β-unsaturated/α-hetero) is 1. The number of aliphatic carboxylic acids is 1. The average Bonchev–Trinajstić information content (AvgIpc) is 3.75. The molecule has 2 aromatic rings. The zero-order valence-corrected chi connectivity index (χ0v) is 43.3. The molecule has 0 saturated heterocycles. The zero-order chi connectivity index (χ0) is 44.2. The number of fused-ring (bicyclic) bond motifs is 2. The number of carbonyl (C=O) groups is 4. The van der Waals surface area contributed by atoms with E-state index in [1.165, 1.54) is 7.11 Å². The monoisotopic (exact) mass is 892 g/mol. The fourth-order valence-electron chi connectivity index (χ4n) is 7.08. The van der Waals surface area contributed by atoms with Gasteiger partial charge in [-0.25, -0.2) is 4.79 Å². The van der Waals surface area contributed by atoms with Crippen molar-refractivity contribution in [2.45, 2.75) is 137 Å². The average molecular weight is 893 g/mol. The molecule has 15 heteroatoms. The number of hydrogen-bond donors (Lipinski definition) is 1. The van der Waals surface area contributed by atoms with E-state index in [1.807, 2.05) is 33.8 Å². The van der Waals surface area contributed by atoms with Crippen LogP contribution in [0.15, 0.2) is 23.3 Å². The van der Waals surface area contributed by atoms with Gasteiger partial charge in [-0.2, -0.15) is 0 Å². The Balaban J connectivity index is 0.000000591. The topological polar surface area (TPSA) is 174 Å². The van der Waals surface area contributed by atoms with Crippen molar-refractivity contribution in [1.29, 1.82) is 0 Å². The van der Waals surface area contributed by atoms with Gasteiger partial charge in [0.2, 0.25) is 0 Å². The van der Waals surface area contributed by atoms with E-state index in [2.05, 4.69) is 45.4 Å². The molecule has 0 spiro atoms. The molecule has 12 nitrogen and oxygen atoms in total. The van der Waals surface area contributed by atoms with Gasteiger partial charge < -0.3 is 39.0 Å². The second-order valence-electron chi connectivity index (χ2n) is 17.9. The van der Waals surface area contributed by atoms with Crippen molar-refractivity contribution in [2.75, 3.05) is 34.5 Å². The van der Waals surface area contributed by atoms with Crippen LogP contribution in [-0.4, -0.2) is 85.0 Å². The molecule has 0 atom stereocenters. The van der Waals surface area contributed by atoms with E-state index in [9.17, 15) is 19.2 Å². The summed E-state index contributed by atoms with van der Waals surface area (Å²) in [6.45, 7) is 23.0. The molecule has 0 amide bonds. The van der Waals surface area contributed by atoms with Gasteiger partial charge in [-0.3, -0.25) is 14.4 Å². The van der Waals surface area contributed by atoms with E-state index in [1.54, 1.807) is 14.2 Å². The van der Waals surface area contributed by atoms with Gasteiger partial charge in [-0.05, 0) is 88.6 Å². The number of ketones is 1. The third-order valence-electron chi connectivity index (χ3n) is 10.8. The Bertz CT molecular complexity index is 1940. The van der Waals surface area contributed by atoms with Crippen LogP contribution in [0, 0.1) is 13.8 Å². The van der Waals surface area contributed by atoms with Crippen LogP contribution in [0.4, 0.5) is 0 Å². The van der Waals surface area contributed by atoms with Crippen molar-refractivity contribution in [3.05, 3.63) is 67.8 Å². The second-order valence-corrected chi connectivity index (χ2v) is 29.2. The van der Waals surface area contributed by atoms with Crippen molar-refractivity contribution < 1.29 is 87.7 Å². The molecule has 2 N–H and O–H groups in total. The molecule has 0 radical (unpaired) electrons. The van der Waals surface area contributed by atoms with E-state index in [0.29, 0.717) is 68.8 Å². The standard InChI is InChI=1S/C23H34O6Si.C23H34O5Si.Na.H2O/c1-15(9-11-19(24)26-3)8-10-17-21(27-4)16(2)18-14-29-23(25)20(18)22(17)28-12-13-30(5,6)7;1-15(8-12-20(25)26)7-9-18-22(27-3)16(2)17-10-11-19(24)21(17)23(18)28-13-14-29(4,5)6;;/h8H,9-14H2,1-7H3;7H,8-14H2,1-6H3,(H,25,26);;1H2/q;;+1;/p-1/b15-8+;15-7+;;. The quantitative estimate of drug-likeness (QED) is 0.0833. The molecule has 334 valence electrons. The zero-order valence-electron chi connectivity index (χ0n) is 39.3. The summed E-state index contributed by atoms with van der Waals surface area (Å²) in [6.07, 6.45) is 7.99. The van der Waals surface area contributed by atoms with Gasteiger partial charge in [0, 0.05) is 52.1 Å². The summed E-state index contributed by atoms with van der Waals surface area (Å²) in [7, 11) is 2.12. The molecular formula is C46H69NaO12Si2. The van der Waals surface area contributed by atoms with Crippen molar-refractivity contribution in [2.24, 2.45) is 0 Å². The molecule has 0 bridgehead atoms. The molecule has 4 rings (SSSR count). The van der Waals surface area contributed by atoms with Crippen LogP contribution in [0.2, 0.25) is 51.4 Å². The van der Waals surface area contributed by atoms with Crippen molar-refractivity contribution in [3.8, 4) is 23.0 Å². The van der Waals surface area contributed by atoms with Crippen molar-refractivity contribution >= 4 is 39.8 Å². The summed E-state index contributed by atoms with van der Waals surface area (Å²) in [4.78, 5) is 47.4. The number of methoxy groups -OCH3 is 3. The van der Waals surface area contributed by atoms with Crippen LogP contribution < -0.4 is 48.5 Å². The number of allylic oxidation sites excluding steroid dienone is 4. The van der Waals surface area contributed by atoms with Crippen LogP contribution in [0.1, 0.15) is 100 Å². The Labute approximate surface area is 387 Å². The minimum absolute atomic E-state index is 0. The molecule has 1 heterocycles. The summed E-state index contributed by atoms with van der Waals surface area (Å²) < 4.78 is 34.0. The summed E-state index contributed by atoms with van der Waals surface area (Å²) in [5.41, 5.74) is 8.88. The van der Waals surface area contributed by atoms with Gasteiger partial charge in [0.25, 0.3) is 0 Å². The van der Waals surface area contributed by atoms with Gasteiger partial charge in [0.15, 0.2) is 5.78 Å². The minimum Gasteiger partial charge on any atom is -0.870 e. The molecule has 0 unspecified atom stereocenters. The van der Waals surface area contributed by atoms with E-state index in [4.69, 9.17) is 33.5 Å². The maximum Gasteiger partial charge on any atom is 1.00 e. The number of ether oxygens (including phenoxy) is 6. The maximum atomic E-state index is 12.7. The van der Waals surface area contributed by atoms with Gasteiger partial charge in [0.05, 0.1) is 40.1 Å². The molecule has 2 aliphatic rings. The first-order valence-corrected chi connectivity index (χ1v) is 28.1. The predicted octanol–water partition coefficient (Wildman–Crippen LogP) is 6.86. The molecule has 61 heavy (non-hydrogen) atoms. The Morgan fingerprint density at radius 1 is 0.689 bits per heavy atom. The Hall–Kier alpha value is -3.41. The summed E-state index contributed by atoms with van der Waals surface area (Å²) in [6, 6.07) is 2.00. The number of rotatable bonds is 20. The van der Waals surface area contributed by atoms with E-state index in [0.717, 1.165) is 80.1 Å². The SMILES string of the molecule is COC(=O)CC/C(C)=C/Cc1c(OC)c(C)c2c(c1OCC[Si](C)(C)C)C(=O)OC2.COc1c(C)c2c(c(OCC[Si](C)(C)C)c1C/C=C(\C)CCC(=O)O)C(=O)CC2.[Na+].[OH-]. The number of carboxylic acid groups (broad SMARTS) is 1. The third kappa shape index (κ3) is 16.0. The first-order chi connectivity index (χ1) is 27.6. The number of carboxylic acids is 1. The van der Waals surface area contributed by atoms with Crippen LogP contribution in [-0.2, 0) is 44.9 Å². The minimum atomic E-state index is -1.29. The Morgan fingerprint density at radius 3 is 1.59 bits per heavy atom. The third-order valence-corrected chi connectivity index (χ3v) is 14.2. The van der Waals surface area contributed by atoms with E-state index >= 15 is 0 Å². The van der Waals surface area contributed by atoms with Crippen LogP contribution in [0.5, 0.6) is 23.0 Å². The van der Waals surface area contributed by atoms with Crippen LogP contribution >= 0.6 is 0 Å². The molecule has 2 aromatic carbocycles. The number of carbonyl (C=O) groups excluding carboxylic acids is 3. The van der Waals surface area contributed by atoms with Gasteiger partial charge in [-0.1, -0.05) is 62.6 Å². The summed E-state index contributed by atoms with van der Waals surface area (Å²) in [5.74, 6) is 1.52. The summed E-state index contributed by atoms with van der Waals surface area (Å²) >= 11 is 0. The summed E-state index contributed by atoms with van der Waals surface area (Å²) in [5, 5.41) is 8.91. The van der Waals surface area contributed by atoms with Gasteiger partial charge in [-0.15, -0.1) is 0 Å². The molecule has 0 aromatic heterocycles. The molecular weight excluding hydrogens is 824 g/mol. The van der Waals surface area contributed by atoms with Crippen LogP contribution in [0.25, 0.3) is 0 Å². The predicted molar refractivity (Wildman–Crippen MR) is 240 cm³/mol. The van der Waals surface area contributed by atoms with E-state index < -0.39 is 22.1 Å². The molecule has 1 aliphatic carbocycles. The second kappa shape index (κ2) is 25.0. The van der Waals surface area contributed by atoms with Crippen molar-refractivity contribution in [1.82, 2.24) is 0 Å². The Kier molecular flexibility index (Phi) is 22.8. The largest absolute Gasteiger partial charge is 1.00 e. The normalized spacial score (nSPS) is 13.5. The Morgan fingerprint density at radius 2 is 1.15 bits per heavy atom. The molecule has 0 fully saturated rings. The van der Waals surface area contributed by atoms with Crippen LogP contribution in [0.3, 0.4) is 0 Å². The first kappa shape index (κ1) is 55.6. The van der Waals surface area contributed by atoms with Gasteiger partial charge >= 0.3 is 47.5 Å². The van der Waals surface area contributed by atoms with Crippen molar-refractivity contribution in [3.63, 3.8) is 0 Å². The van der Waals surface area contributed by atoms with E-state index in [-0.39, 0.29) is 65.8 Å². The number of esters is 2. The fourth-order valence-corrected chi connectivity index (χ4v) is 8.51. The van der Waals surface area contributed by atoms with Gasteiger partial charge in [0.1, 0.15) is 35.2 Å². The molecule has 1 aliphatic heterocycles. The smallest absolute Gasteiger partial charge is 0.870 e. The molecule has 0 saturated carbocycles. The fraction of sp³-hybridized carbons (Fsp3) is 0.565. The number of hydrogen-bond acceptors (Lipinski definition) is 11. The number of benzene rings is 2. The maximum absolute atomic E-state index is 12.7. The first-order valence-electron chi connectivity index (χ1n) is 20.6. The number of cyclic esters (lactones) is 1.